The van der Waals surface area contributed by atoms with E-state index in [4.69, 9.17) is 9.15 Å². The SMILES string of the molecule is CCc1ccc(C(C)NC(=O)COC(=O)/C=C/c2ccc(S(=O)(=O)NCc3ccco3)cc2)cc1. The Morgan fingerprint density at radius 1 is 1.06 bits per heavy atom. The Hall–Kier alpha value is -3.69. The molecular weight excluding hydrogens is 468 g/mol. The maximum absolute atomic E-state index is 12.4. The molecule has 3 aromatic rings. The normalized spacial score (nSPS) is 12.4. The third-order valence-corrected chi connectivity index (χ3v) is 6.65. The van der Waals surface area contributed by atoms with Gasteiger partial charge >= 0.3 is 5.97 Å². The van der Waals surface area contributed by atoms with Crippen molar-refractivity contribution in [3.8, 4) is 0 Å². The van der Waals surface area contributed by atoms with E-state index in [9.17, 15) is 18.0 Å². The molecule has 2 N–H and O–H groups in total. The summed E-state index contributed by atoms with van der Waals surface area (Å²) in [4.78, 5) is 24.2. The lowest BCUT2D eigenvalue weighted by Gasteiger charge is -2.14. The second-order valence-electron chi connectivity index (χ2n) is 7.80. The lowest BCUT2D eigenvalue weighted by atomic mass is 10.1. The van der Waals surface area contributed by atoms with Crippen LogP contribution in [0.5, 0.6) is 0 Å². The highest BCUT2D eigenvalue weighted by atomic mass is 32.2. The molecule has 3 rings (SSSR count). The summed E-state index contributed by atoms with van der Waals surface area (Å²) in [5.74, 6) is -0.590. The lowest BCUT2D eigenvalue weighted by Crippen LogP contribution is -2.30. The van der Waals surface area contributed by atoms with Gasteiger partial charge in [0.25, 0.3) is 5.91 Å². The van der Waals surface area contributed by atoms with Gasteiger partial charge in [0, 0.05) is 6.08 Å². The van der Waals surface area contributed by atoms with Gasteiger partial charge in [-0.2, -0.15) is 0 Å². The van der Waals surface area contributed by atoms with E-state index in [0.717, 1.165) is 12.0 Å². The summed E-state index contributed by atoms with van der Waals surface area (Å²) in [5.41, 5.74) is 2.77. The number of carbonyl (C=O) groups excluding carboxylic acids is 2. The first-order chi connectivity index (χ1) is 16.8. The van der Waals surface area contributed by atoms with Crippen molar-refractivity contribution in [2.45, 2.75) is 37.8 Å². The van der Waals surface area contributed by atoms with E-state index in [1.807, 2.05) is 31.2 Å². The van der Waals surface area contributed by atoms with Gasteiger partial charge in [0.15, 0.2) is 6.61 Å². The molecule has 0 fully saturated rings. The van der Waals surface area contributed by atoms with Crippen LogP contribution in [0.15, 0.2) is 82.3 Å². The zero-order valence-electron chi connectivity index (χ0n) is 19.6. The molecule has 35 heavy (non-hydrogen) atoms. The standard InChI is InChI=1S/C26H28N2O6S/c1-3-20-6-11-22(12-7-20)19(2)28-25(29)18-34-26(30)15-10-21-8-13-24(14-9-21)35(31,32)27-17-23-5-4-16-33-23/h4-16,19,27H,3,17-18H2,1-2H3,(H,28,29)/b15-10+. The molecule has 1 heterocycles. The molecule has 0 saturated heterocycles. The van der Waals surface area contributed by atoms with Crippen molar-refractivity contribution in [3.63, 3.8) is 0 Å². The van der Waals surface area contributed by atoms with Crippen molar-refractivity contribution in [3.05, 3.63) is 95.5 Å². The van der Waals surface area contributed by atoms with Crippen molar-refractivity contribution in [1.29, 1.82) is 0 Å². The molecule has 0 bridgehead atoms. The predicted molar refractivity (Wildman–Crippen MR) is 132 cm³/mol. The zero-order valence-corrected chi connectivity index (χ0v) is 20.4. The van der Waals surface area contributed by atoms with Crippen LogP contribution in [0.2, 0.25) is 0 Å². The van der Waals surface area contributed by atoms with Crippen LogP contribution in [0.4, 0.5) is 0 Å². The number of sulfonamides is 1. The van der Waals surface area contributed by atoms with E-state index >= 15 is 0 Å². The largest absolute Gasteiger partial charge is 0.468 e. The Balaban J connectivity index is 1.45. The molecule has 0 aliphatic rings. The van der Waals surface area contributed by atoms with Crippen molar-refractivity contribution in [2.24, 2.45) is 0 Å². The van der Waals surface area contributed by atoms with Gasteiger partial charge in [-0.15, -0.1) is 0 Å². The van der Waals surface area contributed by atoms with Crippen LogP contribution in [-0.2, 0) is 37.3 Å². The Labute approximate surface area is 205 Å². The van der Waals surface area contributed by atoms with Crippen LogP contribution >= 0.6 is 0 Å². The number of esters is 1. The van der Waals surface area contributed by atoms with Gasteiger partial charge in [-0.25, -0.2) is 17.9 Å². The fraction of sp³-hybridized carbons (Fsp3) is 0.231. The third kappa shape index (κ3) is 7.94. The van der Waals surface area contributed by atoms with Gasteiger partial charge in [-0.05, 0) is 60.4 Å². The van der Waals surface area contributed by atoms with Gasteiger partial charge in [0.1, 0.15) is 5.76 Å². The minimum atomic E-state index is -3.71. The van der Waals surface area contributed by atoms with Gasteiger partial charge in [0.05, 0.1) is 23.7 Å². The number of benzene rings is 2. The topological polar surface area (TPSA) is 115 Å². The van der Waals surface area contributed by atoms with E-state index in [-0.39, 0.29) is 17.5 Å². The van der Waals surface area contributed by atoms with Gasteiger partial charge in [-0.1, -0.05) is 43.3 Å². The molecule has 0 aliphatic carbocycles. The molecule has 2 aromatic carbocycles. The molecule has 0 radical (unpaired) electrons. The number of nitrogens with one attached hydrogen (secondary N) is 2. The number of rotatable bonds is 11. The Bertz CT molecular complexity index is 1250. The number of aryl methyl sites for hydroxylation is 1. The summed E-state index contributed by atoms with van der Waals surface area (Å²) < 4.78 is 37.3. The second kappa shape index (κ2) is 12.1. The highest BCUT2D eigenvalue weighted by Gasteiger charge is 2.14. The Kier molecular flexibility index (Phi) is 8.99. The molecule has 9 heteroatoms. The lowest BCUT2D eigenvalue weighted by molar-refractivity contribution is -0.144. The molecule has 1 atom stereocenters. The van der Waals surface area contributed by atoms with E-state index < -0.39 is 28.5 Å². The number of hydrogen-bond donors (Lipinski definition) is 2. The summed E-state index contributed by atoms with van der Waals surface area (Å²) in [6.45, 7) is 3.57. The van der Waals surface area contributed by atoms with Crippen LogP contribution in [0.3, 0.4) is 0 Å². The average molecular weight is 497 g/mol. The van der Waals surface area contributed by atoms with Crippen LogP contribution in [0.1, 0.15) is 42.3 Å². The maximum atomic E-state index is 12.4. The summed E-state index contributed by atoms with van der Waals surface area (Å²) in [6.07, 6.45) is 5.07. The van der Waals surface area contributed by atoms with Gasteiger partial charge in [0.2, 0.25) is 10.0 Å². The molecule has 0 saturated carbocycles. The summed E-state index contributed by atoms with van der Waals surface area (Å²) >= 11 is 0. The fourth-order valence-electron chi connectivity index (χ4n) is 3.18. The van der Waals surface area contributed by atoms with Crippen LogP contribution < -0.4 is 10.0 Å². The molecule has 1 unspecified atom stereocenters. The first kappa shape index (κ1) is 25.9. The first-order valence-electron chi connectivity index (χ1n) is 11.1. The summed E-state index contributed by atoms with van der Waals surface area (Å²) in [7, 11) is -3.71. The average Bonchev–Trinajstić information content (AvgIpc) is 3.39. The number of carbonyl (C=O) groups is 2. The van der Waals surface area contributed by atoms with E-state index in [0.29, 0.717) is 11.3 Å². The highest BCUT2D eigenvalue weighted by Crippen LogP contribution is 2.14. The third-order valence-electron chi connectivity index (χ3n) is 5.23. The van der Waals surface area contributed by atoms with Crippen LogP contribution in [0, 0.1) is 0 Å². The van der Waals surface area contributed by atoms with Crippen molar-refractivity contribution in [1.82, 2.24) is 10.0 Å². The minimum Gasteiger partial charge on any atom is -0.468 e. The molecule has 1 aromatic heterocycles. The molecule has 184 valence electrons. The van der Waals surface area contributed by atoms with Gasteiger partial charge < -0.3 is 14.5 Å². The molecule has 0 spiro atoms. The van der Waals surface area contributed by atoms with E-state index in [2.05, 4.69) is 17.0 Å². The summed E-state index contributed by atoms with van der Waals surface area (Å²) in [6, 6.07) is 17.1. The number of ether oxygens (including phenoxy) is 1. The second-order valence-corrected chi connectivity index (χ2v) is 9.57. The van der Waals surface area contributed by atoms with Crippen LogP contribution in [-0.4, -0.2) is 26.9 Å². The van der Waals surface area contributed by atoms with Crippen molar-refractivity contribution < 1.29 is 27.2 Å². The molecule has 1 amide bonds. The molecule has 8 nitrogen and oxygen atoms in total. The number of amides is 1. The van der Waals surface area contributed by atoms with Crippen molar-refractivity contribution >= 4 is 28.0 Å². The smallest absolute Gasteiger partial charge is 0.331 e. The fourth-order valence-corrected chi connectivity index (χ4v) is 4.17. The highest BCUT2D eigenvalue weighted by molar-refractivity contribution is 7.89. The maximum Gasteiger partial charge on any atom is 0.331 e. The van der Waals surface area contributed by atoms with E-state index in [1.165, 1.54) is 36.1 Å². The van der Waals surface area contributed by atoms with Gasteiger partial charge in [-0.3, -0.25) is 4.79 Å². The molecule has 0 aliphatic heterocycles. The predicted octanol–water partition coefficient (Wildman–Crippen LogP) is 3.75. The first-order valence-corrected chi connectivity index (χ1v) is 12.6. The minimum absolute atomic E-state index is 0.0420. The quantitative estimate of drug-likeness (QED) is 0.309. The Morgan fingerprint density at radius 3 is 2.40 bits per heavy atom. The van der Waals surface area contributed by atoms with Crippen LogP contribution in [0.25, 0.3) is 6.08 Å². The zero-order chi connectivity index (χ0) is 25.3. The van der Waals surface area contributed by atoms with Crippen molar-refractivity contribution in [2.75, 3.05) is 6.61 Å². The summed E-state index contributed by atoms with van der Waals surface area (Å²) in [5, 5.41) is 2.79. The Morgan fingerprint density at radius 2 is 1.77 bits per heavy atom. The number of furan rings is 1. The number of hydrogen-bond acceptors (Lipinski definition) is 6. The molecular formula is C26H28N2O6S. The van der Waals surface area contributed by atoms with E-state index in [1.54, 1.807) is 24.3 Å². The monoisotopic (exact) mass is 496 g/mol.